The molecule has 5 rings (SSSR count). The molecule has 0 radical (unpaired) electrons. The van der Waals surface area contributed by atoms with E-state index in [0.29, 0.717) is 19.0 Å². The summed E-state index contributed by atoms with van der Waals surface area (Å²) in [6.45, 7) is 1.25. The molecular weight excluding hydrogens is 432 g/mol. The van der Waals surface area contributed by atoms with Gasteiger partial charge >= 0.3 is 0 Å². The molecule has 0 unspecified atom stereocenters. The SMILES string of the molecule is CN(CCOc1ccc(CCc2ccccc2)cc1)c1nc(-c2cccnc2)nc2ccccc12. The van der Waals surface area contributed by atoms with E-state index in [1.165, 1.54) is 11.1 Å². The van der Waals surface area contributed by atoms with Gasteiger partial charge in [0.2, 0.25) is 0 Å². The smallest absolute Gasteiger partial charge is 0.163 e. The Bertz CT molecular complexity index is 1370. The molecule has 0 bridgehead atoms. The number of fused-ring (bicyclic) bond motifs is 1. The monoisotopic (exact) mass is 460 g/mol. The van der Waals surface area contributed by atoms with Gasteiger partial charge in [0.05, 0.1) is 12.1 Å². The molecule has 0 aliphatic rings. The molecule has 5 heteroatoms. The standard InChI is InChI=1S/C30H28N4O/c1-34(20-21-35-26-17-15-24(16-18-26)14-13-23-8-3-2-4-9-23)30-27-11-5-6-12-28(27)32-29(33-30)25-10-7-19-31-22-25/h2-12,15-19,22H,13-14,20-21H2,1H3. The first kappa shape index (κ1) is 22.5. The molecule has 0 aliphatic heterocycles. The second kappa shape index (κ2) is 10.8. The lowest BCUT2D eigenvalue weighted by molar-refractivity contribution is 0.325. The molecule has 0 amide bonds. The third kappa shape index (κ3) is 5.64. The van der Waals surface area contributed by atoms with Gasteiger partial charge in [-0.2, -0.15) is 0 Å². The summed E-state index contributed by atoms with van der Waals surface area (Å²) in [7, 11) is 2.04. The van der Waals surface area contributed by atoms with Crippen LogP contribution in [0.3, 0.4) is 0 Å². The third-order valence-corrected chi connectivity index (χ3v) is 6.03. The molecule has 0 atom stereocenters. The molecule has 0 fully saturated rings. The van der Waals surface area contributed by atoms with Gasteiger partial charge in [0.1, 0.15) is 18.2 Å². The predicted molar refractivity (Wildman–Crippen MR) is 142 cm³/mol. The van der Waals surface area contributed by atoms with Gasteiger partial charge in [0.15, 0.2) is 5.82 Å². The van der Waals surface area contributed by atoms with E-state index >= 15 is 0 Å². The number of likely N-dealkylation sites (N-methyl/N-ethyl adjacent to an activating group) is 1. The number of anilines is 1. The molecule has 35 heavy (non-hydrogen) atoms. The minimum Gasteiger partial charge on any atom is -0.492 e. The highest BCUT2D eigenvalue weighted by Crippen LogP contribution is 2.26. The van der Waals surface area contributed by atoms with E-state index in [9.17, 15) is 0 Å². The van der Waals surface area contributed by atoms with E-state index in [2.05, 4.69) is 70.5 Å². The molecule has 174 valence electrons. The Morgan fingerprint density at radius 2 is 1.49 bits per heavy atom. The van der Waals surface area contributed by atoms with Gasteiger partial charge in [0.25, 0.3) is 0 Å². The predicted octanol–water partition coefficient (Wildman–Crippen LogP) is 5.99. The number of rotatable bonds is 9. The van der Waals surface area contributed by atoms with Gasteiger partial charge < -0.3 is 9.64 Å². The van der Waals surface area contributed by atoms with Gasteiger partial charge in [-0.25, -0.2) is 9.97 Å². The summed E-state index contributed by atoms with van der Waals surface area (Å²) in [5, 5.41) is 1.02. The lowest BCUT2D eigenvalue weighted by Gasteiger charge is -2.21. The van der Waals surface area contributed by atoms with Crippen LogP contribution >= 0.6 is 0 Å². The van der Waals surface area contributed by atoms with E-state index < -0.39 is 0 Å². The van der Waals surface area contributed by atoms with Crippen LogP contribution in [0.1, 0.15) is 11.1 Å². The Morgan fingerprint density at radius 3 is 2.26 bits per heavy atom. The summed E-state index contributed by atoms with van der Waals surface area (Å²) in [5.41, 5.74) is 4.49. The zero-order valence-corrected chi connectivity index (χ0v) is 19.8. The summed E-state index contributed by atoms with van der Waals surface area (Å²) in [4.78, 5) is 16.0. The Kier molecular flexibility index (Phi) is 6.94. The second-order valence-electron chi connectivity index (χ2n) is 8.53. The van der Waals surface area contributed by atoms with Gasteiger partial charge in [-0.15, -0.1) is 0 Å². The van der Waals surface area contributed by atoms with Crippen LogP contribution in [0.15, 0.2) is 103 Å². The molecule has 2 aromatic heterocycles. The van der Waals surface area contributed by atoms with Crippen LogP contribution in [0.5, 0.6) is 5.75 Å². The first-order valence-corrected chi connectivity index (χ1v) is 11.9. The third-order valence-electron chi connectivity index (χ3n) is 6.03. The van der Waals surface area contributed by atoms with E-state index in [-0.39, 0.29) is 0 Å². The normalized spacial score (nSPS) is 10.9. The summed E-state index contributed by atoms with van der Waals surface area (Å²) in [5.74, 6) is 2.44. The number of pyridine rings is 1. The number of aryl methyl sites for hydroxylation is 2. The fourth-order valence-electron chi connectivity index (χ4n) is 4.07. The number of hydrogen-bond acceptors (Lipinski definition) is 5. The molecule has 2 heterocycles. The largest absolute Gasteiger partial charge is 0.492 e. The van der Waals surface area contributed by atoms with Crippen LogP contribution in [-0.2, 0) is 12.8 Å². The van der Waals surface area contributed by atoms with Crippen molar-refractivity contribution in [1.82, 2.24) is 15.0 Å². The van der Waals surface area contributed by atoms with Gasteiger partial charge in [-0.05, 0) is 60.4 Å². The molecule has 0 aliphatic carbocycles. The van der Waals surface area contributed by atoms with Crippen LogP contribution in [0, 0.1) is 0 Å². The first-order valence-electron chi connectivity index (χ1n) is 11.9. The molecule has 0 spiro atoms. The summed E-state index contributed by atoms with van der Waals surface area (Å²) < 4.78 is 6.05. The van der Waals surface area contributed by atoms with Crippen LogP contribution in [0.25, 0.3) is 22.3 Å². The van der Waals surface area contributed by atoms with Gasteiger partial charge in [-0.1, -0.05) is 54.6 Å². The minimum absolute atomic E-state index is 0.556. The van der Waals surface area contributed by atoms with Crippen LogP contribution in [0.4, 0.5) is 5.82 Å². The lowest BCUT2D eigenvalue weighted by Crippen LogP contribution is -2.25. The van der Waals surface area contributed by atoms with Crippen LogP contribution in [0.2, 0.25) is 0 Å². The summed E-state index contributed by atoms with van der Waals surface area (Å²) >= 11 is 0. The average molecular weight is 461 g/mol. The van der Waals surface area contributed by atoms with E-state index in [4.69, 9.17) is 14.7 Å². The topological polar surface area (TPSA) is 51.1 Å². The molecular formula is C30H28N4O. The Morgan fingerprint density at radius 1 is 0.743 bits per heavy atom. The van der Waals surface area contributed by atoms with Crippen molar-refractivity contribution in [2.24, 2.45) is 0 Å². The van der Waals surface area contributed by atoms with E-state index in [1.54, 1.807) is 12.4 Å². The van der Waals surface area contributed by atoms with E-state index in [1.807, 2.05) is 37.4 Å². The molecule has 0 N–H and O–H groups in total. The number of aromatic nitrogens is 3. The number of ether oxygens (including phenoxy) is 1. The Labute approximate surface area is 206 Å². The average Bonchev–Trinajstić information content (AvgIpc) is 2.93. The minimum atomic E-state index is 0.556. The van der Waals surface area contributed by atoms with Crippen molar-refractivity contribution in [3.8, 4) is 17.1 Å². The zero-order chi connectivity index (χ0) is 23.9. The quantitative estimate of drug-likeness (QED) is 0.270. The van der Waals surface area contributed by atoms with Crippen molar-refractivity contribution >= 4 is 16.7 Å². The number of nitrogens with zero attached hydrogens (tertiary/aromatic N) is 4. The van der Waals surface area contributed by atoms with Gasteiger partial charge in [0, 0.05) is 30.4 Å². The van der Waals surface area contributed by atoms with Crippen molar-refractivity contribution in [2.75, 3.05) is 25.1 Å². The Hall–Kier alpha value is -4.25. The highest BCUT2D eigenvalue weighted by molar-refractivity contribution is 5.90. The maximum Gasteiger partial charge on any atom is 0.163 e. The first-order chi connectivity index (χ1) is 17.3. The number of benzene rings is 3. The maximum absolute atomic E-state index is 6.05. The molecule has 3 aromatic carbocycles. The molecule has 0 saturated carbocycles. The Balaban J connectivity index is 1.22. The summed E-state index contributed by atoms with van der Waals surface area (Å²) in [6.07, 6.45) is 5.61. The fourth-order valence-corrected chi connectivity index (χ4v) is 4.07. The van der Waals surface area contributed by atoms with Crippen molar-refractivity contribution in [1.29, 1.82) is 0 Å². The molecule has 5 nitrogen and oxygen atoms in total. The zero-order valence-electron chi connectivity index (χ0n) is 19.8. The van der Waals surface area contributed by atoms with Crippen molar-refractivity contribution in [2.45, 2.75) is 12.8 Å². The van der Waals surface area contributed by atoms with Gasteiger partial charge in [-0.3, -0.25) is 4.98 Å². The molecule has 0 saturated heterocycles. The van der Waals surface area contributed by atoms with Crippen molar-refractivity contribution < 1.29 is 4.74 Å². The van der Waals surface area contributed by atoms with Crippen LogP contribution in [-0.4, -0.2) is 35.2 Å². The highest BCUT2D eigenvalue weighted by Gasteiger charge is 2.13. The number of hydrogen-bond donors (Lipinski definition) is 0. The lowest BCUT2D eigenvalue weighted by atomic mass is 10.0. The number of para-hydroxylation sites is 1. The second-order valence-corrected chi connectivity index (χ2v) is 8.53. The van der Waals surface area contributed by atoms with Crippen molar-refractivity contribution in [3.05, 3.63) is 115 Å². The highest BCUT2D eigenvalue weighted by atomic mass is 16.5. The summed E-state index contributed by atoms with van der Waals surface area (Å²) in [6, 6.07) is 31.0. The van der Waals surface area contributed by atoms with Crippen LogP contribution < -0.4 is 9.64 Å². The maximum atomic E-state index is 6.05. The molecule has 5 aromatic rings. The van der Waals surface area contributed by atoms with Crippen molar-refractivity contribution in [3.63, 3.8) is 0 Å². The van der Waals surface area contributed by atoms with E-state index in [0.717, 1.165) is 40.9 Å². The fraction of sp³-hybridized carbons (Fsp3) is 0.167.